The quantitative estimate of drug-likeness (QED) is 0.729. The first-order chi connectivity index (χ1) is 12.6. The molecule has 4 heteroatoms. The molecule has 1 saturated carbocycles. The average molecular weight is 367 g/mol. The van der Waals surface area contributed by atoms with Gasteiger partial charge in [0, 0.05) is 23.7 Å². The molecule has 1 heterocycles. The summed E-state index contributed by atoms with van der Waals surface area (Å²) in [6, 6.07) is 6.22. The maximum Gasteiger partial charge on any atom is 0.336 e. The SMILES string of the molecule is CCOC(=O)C1=C(C)N=C2CC(C)(C)CC(=O)C2C1c1cc(C)ccc1C. The summed E-state index contributed by atoms with van der Waals surface area (Å²) in [6.07, 6.45) is 1.28. The lowest BCUT2D eigenvalue weighted by molar-refractivity contribution is -0.139. The summed E-state index contributed by atoms with van der Waals surface area (Å²) in [5.74, 6) is -0.881. The van der Waals surface area contributed by atoms with E-state index in [1.165, 1.54) is 0 Å². The van der Waals surface area contributed by atoms with Gasteiger partial charge in [-0.1, -0.05) is 37.6 Å². The third kappa shape index (κ3) is 3.62. The van der Waals surface area contributed by atoms with Crippen molar-refractivity contribution in [2.45, 2.75) is 60.3 Å². The second-order valence-electron chi connectivity index (χ2n) is 8.62. The molecular formula is C23H29NO3. The summed E-state index contributed by atoms with van der Waals surface area (Å²) < 4.78 is 5.35. The molecule has 27 heavy (non-hydrogen) atoms. The molecule has 3 rings (SSSR count). The zero-order valence-electron chi connectivity index (χ0n) is 17.2. The van der Waals surface area contributed by atoms with E-state index in [0.29, 0.717) is 24.3 Å². The second-order valence-corrected chi connectivity index (χ2v) is 8.62. The van der Waals surface area contributed by atoms with Gasteiger partial charge in [0.05, 0.1) is 18.1 Å². The fourth-order valence-corrected chi connectivity index (χ4v) is 4.50. The van der Waals surface area contributed by atoms with E-state index in [0.717, 1.165) is 28.8 Å². The highest BCUT2D eigenvalue weighted by molar-refractivity contribution is 6.12. The van der Waals surface area contributed by atoms with Crippen LogP contribution in [0, 0.1) is 25.2 Å². The number of aryl methyl sites for hydroxylation is 2. The molecule has 0 N–H and O–H groups in total. The Morgan fingerprint density at radius 2 is 1.89 bits per heavy atom. The van der Waals surface area contributed by atoms with Crippen LogP contribution in [0.15, 0.2) is 34.5 Å². The van der Waals surface area contributed by atoms with E-state index in [1.54, 1.807) is 6.92 Å². The first-order valence-corrected chi connectivity index (χ1v) is 9.70. The van der Waals surface area contributed by atoms with Crippen molar-refractivity contribution in [1.29, 1.82) is 0 Å². The molecule has 144 valence electrons. The minimum Gasteiger partial charge on any atom is -0.463 e. The second kappa shape index (κ2) is 7.06. The van der Waals surface area contributed by atoms with Crippen molar-refractivity contribution in [3.63, 3.8) is 0 Å². The molecule has 1 fully saturated rings. The van der Waals surface area contributed by atoms with Crippen LogP contribution in [-0.2, 0) is 14.3 Å². The summed E-state index contributed by atoms with van der Waals surface area (Å²) in [5.41, 5.74) is 5.25. The minimum absolute atomic E-state index is 0.0969. The van der Waals surface area contributed by atoms with Crippen molar-refractivity contribution in [2.24, 2.45) is 16.3 Å². The van der Waals surface area contributed by atoms with Gasteiger partial charge in [0.2, 0.25) is 0 Å². The lowest BCUT2D eigenvalue weighted by Crippen LogP contribution is -2.44. The molecule has 1 aliphatic heterocycles. The molecule has 0 bridgehead atoms. The Kier molecular flexibility index (Phi) is 5.11. The topological polar surface area (TPSA) is 55.7 Å². The maximum absolute atomic E-state index is 13.2. The molecule has 2 unspecified atom stereocenters. The highest BCUT2D eigenvalue weighted by Gasteiger charge is 2.47. The monoisotopic (exact) mass is 367 g/mol. The van der Waals surface area contributed by atoms with Gasteiger partial charge in [0.25, 0.3) is 0 Å². The fraction of sp³-hybridized carbons (Fsp3) is 0.522. The van der Waals surface area contributed by atoms with Gasteiger partial charge in [0.1, 0.15) is 5.78 Å². The van der Waals surface area contributed by atoms with Crippen LogP contribution >= 0.6 is 0 Å². The number of carbonyl (C=O) groups is 2. The Balaban J connectivity index is 2.22. The molecule has 2 aliphatic rings. The number of hydrogen-bond donors (Lipinski definition) is 0. The number of allylic oxidation sites excluding steroid dienone is 1. The Hall–Kier alpha value is -2.23. The Morgan fingerprint density at radius 1 is 1.19 bits per heavy atom. The van der Waals surface area contributed by atoms with Gasteiger partial charge in [-0.15, -0.1) is 0 Å². The predicted octanol–water partition coefficient (Wildman–Crippen LogP) is 4.68. The third-order valence-corrected chi connectivity index (χ3v) is 5.63. The van der Waals surface area contributed by atoms with E-state index in [4.69, 9.17) is 9.73 Å². The van der Waals surface area contributed by atoms with E-state index in [1.807, 2.05) is 20.8 Å². The van der Waals surface area contributed by atoms with Crippen molar-refractivity contribution in [2.75, 3.05) is 6.61 Å². The highest BCUT2D eigenvalue weighted by Crippen LogP contribution is 2.47. The summed E-state index contributed by atoms with van der Waals surface area (Å²) in [5, 5.41) is 0. The van der Waals surface area contributed by atoms with Crippen LogP contribution in [0.25, 0.3) is 0 Å². The molecule has 0 spiro atoms. The molecule has 0 saturated heterocycles. The van der Waals surface area contributed by atoms with Crippen LogP contribution in [0.4, 0.5) is 0 Å². The molecule has 1 aromatic carbocycles. The van der Waals surface area contributed by atoms with Gasteiger partial charge in [-0.3, -0.25) is 9.79 Å². The largest absolute Gasteiger partial charge is 0.463 e. The highest BCUT2D eigenvalue weighted by atomic mass is 16.5. The van der Waals surface area contributed by atoms with E-state index < -0.39 is 0 Å². The maximum atomic E-state index is 13.2. The normalized spacial score (nSPS) is 24.4. The van der Waals surface area contributed by atoms with Crippen molar-refractivity contribution in [1.82, 2.24) is 0 Å². The molecule has 4 nitrogen and oxygen atoms in total. The van der Waals surface area contributed by atoms with E-state index in [9.17, 15) is 9.59 Å². The van der Waals surface area contributed by atoms with Crippen LogP contribution in [0.1, 0.15) is 63.1 Å². The molecule has 2 atom stereocenters. The van der Waals surface area contributed by atoms with Crippen molar-refractivity contribution >= 4 is 17.5 Å². The fourth-order valence-electron chi connectivity index (χ4n) is 4.50. The van der Waals surface area contributed by atoms with Crippen LogP contribution in [-0.4, -0.2) is 24.1 Å². The number of carbonyl (C=O) groups excluding carboxylic acids is 2. The van der Waals surface area contributed by atoms with Gasteiger partial charge < -0.3 is 4.74 Å². The predicted molar refractivity (Wildman–Crippen MR) is 107 cm³/mol. The van der Waals surface area contributed by atoms with E-state index >= 15 is 0 Å². The van der Waals surface area contributed by atoms with Gasteiger partial charge in [0.15, 0.2) is 0 Å². The lowest BCUT2D eigenvalue weighted by Gasteiger charge is -2.41. The number of benzene rings is 1. The first kappa shape index (κ1) is 19.5. The molecule has 0 amide bonds. The van der Waals surface area contributed by atoms with Crippen LogP contribution in [0.3, 0.4) is 0 Å². The Bertz CT molecular complexity index is 860. The summed E-state index contributed by atoms with van der Waals surface area (Å²) >= 11 is 0. The molecule has 0 aromatic heterocycles. The standard InChI is InChI=1S/C23H29NO3/c1-7-27-22(26)19-15(4)24-17-11-23(5,6)12-18(25)21(17)20(19)16-10-13(2)8-9-14(16)3/h8-10,20-21H,7,11-12H2,1-6H3. The van der Waals surface area contributed by atoms with Gasteiger partial charge >= 0.3 is 5.97 Å². The average Bonchev–Trinajstić information content (AvgIpc) is 2.54. The number of nitrogens with zero attached hydrogens (tertiary/aromatic N) is 1. The number of hydrogen-bond acceptors (Lipinski definition) is 4. The number of aliphatic imine (C=N–C) groups is 1. The number of Topliss-reactive ketones (excluding diaryl/α,β-unsaturated/α-hetero) is 1. The van der Waals surface area contributed by atoms with Gasteiger partial charge in [-0.2, -0.15) is 0 Å². The molecule has 0 radical (unpaired) electrons. The number of fused-ring (bicyclic) bond motifs is 1. The van der Waals surface area contributed by atoms with Crippen LogP contribution in [0.2, 0.25) is 0 Å². The number of rotatable bonds is 3. The minimum atomic E-state index is -0.373. The van der Waals surface area contributed by atoms with Crippen LogP contribution < -0.4 is 0 Å². The van der Waals surface area contributed by atoms with E-state index in [2.05, 4.69) is 32.0 Å². The summed E-state index contributed by atoms with van der Waals surface area (Å²) in [7, 11) is 0. The van der Waals surface area contributed by atoms with Gasteiger partial charge in [-0.25, -0.2) is 4.79 Å². The summed E-state index contributed by atoms with van der Waals surface area (Å²) in [4.78, 5) is 30.8. The third-order valence-electron chi connectivity index (χ3n) is 5.63. The number of ketones is 1. The molecule has 1 aliphatic carbocycles. The Morgan fingerprint density at radius 3 is 2.56 bits per heavy atom. The van der Waals surface area contributed by atoms with E-state index in [-0.39, 0.29) is 29.0 Å². The number of ether oxygens (including phenoxy) is 1. The van der Waals surface area contributed by atoms with Crippen LogP contribution in [0.5, 0.6) is 0 Å². The zero-order valence-corrected chi connectivity index (χ0v) is 17.2. The lowest BCUT2D eigenvalue weighted by atomic mass is 9.63. The van der Waals surface area contributed by atoms with Gasteiger partial charge in [-0.05, 0) is 50.7 Å². The van der Waals surface area contributed by atoms with Crippen molar-refractivity contribution in [3.8, 4) is 0 Å². The number of esters is 1. The van der Waals surface area contributed by atoms with Crippen molar-refractivity contribution in [3.05, 3.63) is 46.2 Å². The first-order valence-electron chi connectivity index (χ1n) is 9.70. The molecular weight excluding hydrogens is 338 g/mol. The van der Waals surface area contributed by atoms with Crippen molar-refractivity contribution < 1.29 is 14.3 Å². The zero-order chi connectivity index (χ0) is 19.9. The smallest absolute Gasteiger partial charge is 0.336 e. The Labute approximate surface area is 161 Å². The summed E-state index contributed by atoms with van der Waals surface area (Å²) in [6.45, 7) is 12.2. The molecule has 1 aromatic rings.